The Bertz CT molecular complexity index is 838. The van der Waals surface area contributed by atoms with Gasteiger partial charge >= 0.3 is 0 Å². The first kappa shape index (κ1) is 16.1. The van der Waals surface area contributed by atoms with Crippen molar-refractivity contribution in [2.24, 2.45) is 7.05 Å². The minimum absolute atomic E-state index is 0.353. The van der Waals surface area contributed by atoms with Gasteiger partial charge in [0.15, 0.2) is 9.84 Å². The monoisotopic (exact) mass is 333 g/mol. The summed E-state index contributed by atoms with van der Waals surface area (Å²) >= 11 is 0. The Hall–Kier alpha value is -1.82. The summed E-state index contributed by atoms with van der Waals surface area (Å²) in [5, 5.41) is 4.18. The van der Waals surface area contributed by atoms with E-state index in [0.717, 1.165) is 36.2 Å². The summed E-state index contributed by atoms with van der Waals surface area (Å²) in [5.41, 5.74) is 3.87. The zero-order valence-electron chi connectivity index (χ0n) is 14.1. The topological polar surface area (TPSA) is 55.2 Å². The van der Waals surface area contributed by atoms with Crippen LogP contribution in [-0.2, 0) is 23.3 Å². The van der Waals surface area contributed by atoms with Crippen molar-refractivity contribution in [1.29, 1.82) is 0 Å². The molecule has 0 spiro atoms. The van der Waals surface area contributed by atoms with E-state index in [4.69, 9.17) is 0 Å². The Labute approximate surface area is 137 Å². The van der Waals surface area contributed by atoms with Crippen LogP contribution in [0, 0.1) is 0 Å². The number of rotatable bonds is 3. The second-order valence-electron chi connectivity index (χ2n) is 6.54. The summed E-state index contributed by atoms with van der Waals surface area (Å²) in [6.45, 7) is 5.26. The quantitative estimate of drug-likeness (QED) is 0.866. The fraction of sp³-hybridized carbons (Fsp3) is 0.471. The molecule has 0 fully saturated rings. The Balaban J connectivity index is 2.25. The lowest BCUT2D eigenvalue weighted by molar-refractivity contribution is 0.600. The van der Waals surface area contributed by atoms with Crippen LogP contribution in [0.15, 0.2) is 29.4 Å². The second kappa shape index (κ2) is 5.67. The molecule has 5 nitrogen and oxygen atoms in total. The average Bonchev–Trinajstić information content (AvgIpc) is 2.90. The lowest BCUT2D eigenvalue weighted by Crippen LogP contribution is -2.35. The molecule has 0 saturated carbocycles. The van der Waals surface area contributed by atoms with Crippen molar-refractivity contribution < 1.29 is 8.42 Å². The smallest absolute Gasteiger partial charge is 0.176 e. The fourth-order valence-corrected chi connectivity index (χ4v) is 4.17. The normalized spacial score (nSPS) is 15.1. The molecule has 0 N–H and O–H groups in total. The molecule has 124 valence electrons. The number of fused-ring (bicyclic) bond motifs is 1. The summed E-state index contributed by atoms with van der Waals surface area (Å²) in [6, 6.07) is 4.24. The van der Waals surface area contributed by atoms with E-state index in [1.807, 2.05) is 25.4 Å². The molecule has 2 aromatic rings. The second-order valence-corrected chi connectivity index (χ2v) is 8.53. The molecule has 1 aliphatic rings. The van der Waals surface area contributed by atoms with Gasteiger partial charge in [-0.3, -0.25) is 4.68 Å². The van der Waals surface area contributed by atoms with E-state index in [1.165, 1.54) is 11.8 Å². The number of anilines is 1. The zero-order chi connectivity index (χ0) is 16.8. The molecule has 0 aliphatic carbocycles. The predicted molar refractivity (Wildman–Crippen MR) is 92.6 cm³/mol. The maximum atomic E-state index is 12.4. The SMILES string of the molecule is CC(C)N1CCCc2cc(-c3cnn(C)c3)c(S(C)(=O)=O)cc21. The highest BCUT2D eigenvalue weighted by Gasteiger charge is 2.25. The third-order valence-electron chi connectivity index (χ3n) is 4.37. The largest absolute Gasteiger partial charge is 0.369 e. The van der Waals surface area contributed by atoms with Crippen LogP contribution in [-0.4, -0.2) is 37.0 Å². The van der Waals surface area contributed by atoms with Crippen LogP contribution < -0.4 is 4.90 Å². The number of benzene rings is 1. The van der Waals surface area contributed by atoms with E-state index < -0.39 is 9.84 Å². The van der Waals surface area contributed by atoms with Crippen molar-refractivity contribution in [3.8, 4) is 11.1 Å². The molecule has 2 heterocycles. The Morgan fingerprint density at radius 1 is 1.26 bits per heavy atom. The third kappa shape index (κ3) is 3.00. The Morgan fingerprint density at radius 3 is 2.57 bits per heavy atom. The Morgan fingerprint density at radius 2 is 2.00 bits per heavy atom. The summed E-state index contributed by atoms with van der Waals surface area (Å²) in [5.74, 6) is 0. The molecule has 1 aromatic carbocycles. The maximum Gasteiger partial charge on any atom is 0.176 e. The van der Waals surface area contributed by atoms with Gasteiger partial charge in [0.25, 0.3) is 0 Å². The molecule has 0 atom stereocenters. The van der Waals surface area contributed by atoms with Crippen LogP contribution >= 0.6 is 0 Å². The standard InChI is InChI=1S/C17H23N3O2S/c1-12(2)20-7-5-6-13-8-15(14-10-18-19(3)11-14)17(9-16(13)20)23(4,21)22/h8-12H,5-7H2,1-4H3. The minimum Gasteiger partial charge on any atom is -0.369 e. The van der Waals surface area contributed by atoms with E-state index in [2.05, 4.69) is 23.8 Å². The van der Waals surface area contributed by atoms with Gasteiger partial charge < -0.3 is 4.90 Å². The highest BCUT2D eigenvalue weighted by Crippen LogP contribution is 2.37. The van der Waals surface area contributed by atoms with E-state index in [1.54, 1.807) is 10.9 Å². The van der Waals surface area contributed by atoms with Gasteiger partial charge in [0, 0.05) is 48.9 Å². The van der Waals surface area contributed by atoms with E-state index in [-0.39, 0.29) is 0 Å². The van der Waals surface area contributed by atoms with Gasteiger partial charge in [0.05, 0.1) is 11.1 Å². The van der Waals surface area contributed by atoms with Gasteiger partial charge in [-0.1, -0.05) is 0 Å². The van der Waals surface area contributed by atoms with E-state index in [9.17, 15) is 8.42 Å². The molecule has 0 radical (unpaired) electrons. The molecule has 0 amide bonds. The van der Waals surface area contributed by atoms with Gasteiger partial charge in [0.2, 0.25) is 0 Å². The summed E-state index contributed by atoms with van der Waals surface area (Å²) < 4.78 is 26.4. The third-order valence-corrected chi connectivity index (χ3v) is 5.51. The van der Waals surface area contributed by atoms with Gasteiger partial charge in [-0.2, -0.15) is 5.10 Å². The molecule has 0 bridgehead atoms. The lowest BCUT2D eigenvalue weighted by Gasteiger charge is -2.35. The van der Waals surface area contributed by atoms with E-state index >= 15 is 0 Å². The van der Waals surface area contributed by atoms with Crippen LogP contribution in [0.3, 0.4) is 0 Å². The molecule has 3 rings (SSSR count). The van der Waals surface area contributed by atoms with E-state index in [0.29, 0.717) is 10.9 Å². The Kier molecular flexibility index (Phi) is 3.96. The zero-order valence-corrected chi connectivity index (χ0v) is 14.9. The molecular weight excluding hydrogens is 310 g/mol. The number of aromatic nitrogens is 2. The summed E-state index contributed by atoms with van der Waals surface area (Å²) in [4.78, 5) is 2.68. The molecule has 23 heavy (non-hydrogen) atoms. The number of nitrogens with zero attached hydrogens (tertiary/aromatic N) is 3. The van der Waals surface area contributed by atoms with Crippen LogP contribution in [0.4, 0.5) is 5.69 Å². The number of hydrogen-bond acceptors (Lipinski definition) is 4. The van der Waals surface area contributed by atoms with Crippen molar-refractivity contribution in [2.75, 3.05) is 17.7 Å². The first-order chi connectivity index (χ1) is 10.8. The van der Waals surface area contributed by atoms with Gasteiger partial charge in [0.1, 0.15) is 0 Å². The molecule has 0 saturated heterocycles. The predicted octanol–water partition coefficient (Wildman–Crippen LogP) is 2.65. The van der Waals surface area contributed by atoms with Crippen molar-refractivity contribution in [3.63, 3.8) is 0 Å². The van der Waals surface area contributed by atoms with Crippen molar-refractivity contribution in [3.05, 3.63) is 30.1 Å². The lowest BCUT2D eigenvalue weighted by atomic mass is 9.96. The van der Waals surface area contributed by atoms with Crippen LogP contribution in [0.1, 0.15) is 25.8 Å². The first-order valence-corrected chi connectivity index (χ1v) is 9.79. The van der Waals surface area contributed by atoms with Gasteiger partial charge in [-0.25, -0.2) is 8.42 Å². The van der Waals surface area contributed by atoms with Crippen molar-refractivity contribution in [1.82, 2.24) is 9.78 Å². The highest BCUT2D eigenvalue weighted by atomic mass is 32.2. The highest BCUT2D eigenvalue weighted by molar-refractivity contribution is 7.90. The van der Waals surface area contributed by atoms with Gasteiger partial charge in [-0.15, -0.1) is 0 Å². The molecule has 1 aromatic heterocycles. The fourth-order valence-electron chi connectivity index (χ4n) is 3.27. The molecule has 0 unspecified atom stereocenters. The maximum absolute atomic E-state index is 12.4. The average molecular weight is 333 g/mol. The number of sulfone groups is 1. The van der Waals surface area contributed by atoms with Crippen molar-refractivity contribution in [2.45, 2.75) is 37.6 Å². The van der Waals surface area contributed by atoms with Crippen molar-refractivity contribution >= 4 is 15.5 Å². The summed E-state index contributed by atoms with van der Waals surface area (Å²) in [6.07, 6.45) is 6.93. The molecular formula is C17H23N3O2S. The van der Waals surface area contributed by atoms with Gasteiger partial charge in [-0.05, 0) is 44.4 Å². The number of hydrogen-bond donors (Lipinski definition) is 0. The van der Waals surface area contributed by atoms with Crippen LogP contribution in [0.2, 0.25) is 0 Å². The van der Waals surface area contributed by atoms with Crippen LogP contribution in [0.25, 0.3) is 11.1 Å². The minimum atomic E-state index is -3.32. The molecule has 1 aliphatic heterocycles. The van der Waals surface area contributed by atoms with Crippen LogP contribution in [0.5, 0.6) is 0 Å². The summed E-state index contributed by atoms with van der Waals surface area (Å²) in [7, 11) is -1.48. The molecule has 6 heteroatoms. The number of aryl methyl sites for hydroxylation is 2. The first-order valence-electron chi connectivity index (χ1n) is 7.90.